The Morgan fingerprint density at radius 2 is 1.79 bits per heavy atom. The minimum Gasteiger partial charge on any atom is -0.355 e. The topological polar surface area (TPSA) is 44.8 Å². The summed E-state index contributed by atoms with van der Waals surface area (Å²) in [6, 6.07) is 18.8. The molecule has 0 aliphatic carbocycles. The molecule has 2 aliphatic heterocycles. The molecule has 5 nitrogen and oxygen atoms in total. The smallest absolute Gasteiger partial charge is 0.221 e. The summed E-state index contributed by atoms with van der Waals surface area (Å²) in [4.78, 5) is 16.0. The Labute approximate surface area is 173 Å². The first-order chi connectivity index (χ1) is 14.2. The lowest BCUT2D eigenvalue weighted by Gasteiger charge is -2.33. The summed E-state index contributed by atoms with van der Waals surface area (Å²) in [6.45, 7) is 6.54. The van der Waals surface area contributed by atoms with Crippen molar-refractivity contribution in [2.75, 3.05) is 43.1 Å². The summed E-state index contributed by atoms with van der Waals surface area (Å²) >= 11 is 0. The average molecular weight is 394 g/mol. The molecule has 2 aliphatic rings. The summed E-state index contributed by atoms with van der Waals surface area (Å²) in [5, 5.41) is 2.83. The summed E-state index contributed by atoms with van der Waals surface area (Å²) < 4.78 is 6.04. The fraction of sp³-hybridized carbons (Fsp3) is 0.458. The molecule has 0 saturated carbocycles. The maximum atomic E-state index is 11.1. The number of anilines is 2. The normalized spacial score (nSPS) is 20.7. The Morgan fingerprint density at radius 3 is 2.48 bits per heavy atom. The molecule has 1 amide bonds. The van der Waals surface area contributed by atoms with Gasteiger partial charge in [-0.05, 0) is 68.1 Å². The van der Waals surface area contributed by atoms with Crippen molar-refractivity contribution in [2.45, 2.75) is 32.3 Å². The van der Waals surface area contributed by atoms with Gasteiger partial charge in [0, 0.05) is 31.4 Å². The molecular weight excluding hydrogens is 362 g/mol. The molecule has 0 aromatic heterocycles. The molecule has 2 saturated heterocycles. The summed E-state index contributed by atoms with van der Waals surface area (Å²) in [6.07, 6.45) is 3.90. The van der Waals surface area contributed by atoms with E-state index in [0.717, 1.165) is 44.2 Å². The number of likely N-dealkylation sites (tertiary alicyclic amines) is 1. The first-order valence-electron chi connectivity index (χ1n) is 10.7. The van der Waals surface area contributed by atoms with Gasteiger partial charge in [-0.15, -0.1) is 0 Å². The molecule has 29 heavy (non-hydrogen) atoms. The van der Waals surface area contributed by atoms with Crippen LogP contribution in [0.15, 0.2) is 54.6 Å². The number of amides is 1. The summed E-state index contributed by atoms with van der Waals surface area (Å²) in [5.41, 5.74) is 3.48. The third-order valence-corrected chi connectivity index (χ3v) is 5.98. The lowest BCUT2D eigenvalue weighted by molar-refractivity contribution is -0.114. The van der Waals surface area contributed by atoms with E-state index in [4.69, 9.17) is 4.74 Å². The van der Waals surface area contributed by atoms with Crippen LogP contribution in [-0.4, -0.2) is 49.8 Å². The van der Waals surface area contributed by atoms with Crippen molar-refractivity contribution >= 4 is 17.3 Å². The first-order valence-corrected chi connectivity index (χ1v) is 10.7. The first kappa shape index (κ1) is 19.9. The number of benzene rings is 2. The predicted octanol–water partition coefficient (Wildman–Crippen LogP) is 3.76. The zero-order chi connectivity index (χ0) is 20.1. The highest BCUT2D eigenvalue weighted by Gasteiger charge is 2.27. The fourth-order valence-corrected chi connectivity index (χ4v) is 4.40. The van der Waals surface area contributed by atoms with Crippen LogP contribution in [0.5, 0.6) is 0 Å². The molecule has 5 heteroatoms. The van der Waals surface area contributed by atoms with E-state index < -0.39 is 0 Å². The maximum Gasteiger partial charge on any atom is 0.221 e. The van der Waals surface area contributed by atoms with Crippen molar-refractivity contribution in [1.82, 2.24) is 4.90 Å². The Hall–Kier alpha value is -2.37. The number of hydrogen-bond acceptors (Lipinski definition) is 4. The minimum absolute atomic E-state index is 0.0248. The molecule has 0 bridgehead atoms. The molecule has 0 spiro atoms. The standard InChI is InChI=1S/C24H31N3O2/c1-19(28)25-22-9-7-20(8-10-22)15-21-11-13-26(14-12-21)16-24-17-27(18-29-24)23-5-3-2-4-6-23/h2-10,21,24H,11-18H2,1H3,(H,25,28)/t24-/m0/s1. The molecular formula is C24H31N3O2. The summed E-state index contributed by atoms with van der Waals surface area (Å²) in [5.74, 6) is 0.714. The third-order valence-electron chi connectivity index (χ3n) is 5.98. The largest absolute Gasteiger partial charge is 0.355 e. The Balaban J connectivity index is 1.19. The van der Waals surface area contributed by atoms with Crippen LogP contribution in [0.2, 0.25) is 0 Å². The second-order valence-electron chi connectivity index (χ2n) is 8.30. The second kappa shape index (κ2) is 9.42. The van der Waals surface area contributed by atoms with Gasteiger partial charge in [-0.3, -0.25) is 4.79 Å². The number of piperidine rings is 1. The van der Waals surface area contributed by atoms with Gasteiger partial charge in [-0.2, -0.15) is 0 Å². The van der Waals surface area contributed by atoms with E-state index in [1.165, 1.54) is 31.0 Å². The second-order valence-corrected chi connectivity index (χ2v) is 8.30. The van der Waals surface area contributed by atoms with E-state index in [9.17, 15) is 4.79 Å². The molecule has 2 aromatic rings. The van der Waals surface area contributed by atoms with Gasteiger partial charge in [0.05, 0.1) is 6.10 Å². The van der Waals surface area contributed by atoms with Gasteiger partial charge in [-0.25, -0.2) is 0 Å². The van der Waals surface area contributed by atoms with Gasteiger partial charge in [0.1, 0.15) is 6.73 Å². The Morgan fingerprint density at radius 1 is 1.07 bits per heavy atom. The van der Waals surface area contributed by atoms with Crippen molar-refractivity contribution in [1.29, 1.82) is 0 Å². The molecule has 154 valence electrons. The lowest BCUT2D eigenvalue weighted by Crippen LogP contribution is -2.40. The van der Waals surface area contributed by atoms with E-state index >= 15 is 0 Å². The fourth-order valence-electron chi connectivity index (χ4n) is 4.40. The number of nitrogens with zero attached hydrogens (tertiary/aromatic N) is 2. The van der Waals surface area contributed by atoms with E-state index in [2.05, 4.69) is 57.6 Å². The number of para-hydroxylation sites is 1. The molecule has 2 aromatic carbocycles. The van der Waals surface area contributed by atoms with E-state index in [1.54, 1.807) is 0 Å². The van der Waals surface area contributed by atoms with Crippen molar-refractivity contribution < 1.29 is 9.53 Å². The molecule has 0 radical (unpaired) electrons. The predicted molar refractivity (Wildman–Crippen MR) is 117 cm³/mol. The van der Waals surface area contributed by atoms with Crippen LogP contribution in [-0.2, 0) is 16.0 Å². The van der Waals surface area contributed by atoms with Gasteiger partial charge in [-0.1, -0.05) is 30.3 Å². The quantitative estimate of drug-likeness (QED) is 0.812. The molecule has 0 unspecified atom stereocenters. The number of hydrogen-bond donors (Lipinski definition) is 1. The number of carbonyl (C=O) groups is 1. The van der Waals surface area contributed by atoms with Crippen molar-refractivity contribution in [2.24, 2.45) is 5.92 Å². The lowest BCUT2D eigenvalue weighted by atomic mass is 9.90. The number of rotatable bonds is 6. The molecule has 1 atom stereocenters. The zero-order valence-corrected chi connectivity index (χ0v) is 17.2. The van der Waals surface area contributed by atoms with Crippen molar-refractivity contribution in [3.63, 3.8) is 0 Å². The average Bonchev–Trinajstić information content (AvgIpc) is 3.20. The number of ether oxygens (including phenoxy) is 1. The third kappa shape index (κ3) is 5.58. The van der Waals surface area contributed by atoms with Gasteiger partial charge in [0.25, 0.3) is 0 Å². The monoisotopic (exact) mass is 393 g/mol. The van der Waals surface area contributed by atoms with Crippen LogP contribution < -0.4 is 10.2 Å². The highest BCUT2D eigenvalue weighted by molar-refractivity contribution is 5.88. The Kier molecular flexibility index (Phi) is 6.47. The minimum atomic E-state index is -0.0248. The van der Waals surface area contributed by atoms with Gasteiger partial charge < -0.3 is 19.9 Å². The van der Waals surface area contributed by atoms with Crippen molar-refractivity contribution in [3.8, 4) is 0 Å². The SMILES string of the molecule is CC(=O)Nc1ccc(CC2CCN(C[C@H]3CN(c4ccccc4)CO3)CC2)cc1. The Bertz CT molecular complexity index is 786. The van der Waals surface area contributed by atoms with Crippen LogP contribution in [0, 0.1) is 5.92 Å². The van der Waals surface area contributed by atoms with Crippen LogP contribution in [0.1, 0.15) is 25.3 Å². The van der Waals surface area contributed by atoms with E-state index in [0.29, 0.717) is 12.8 Å². The van der Waals surface area contributed by atoms with Crippen molar-refractivity contribution in [3.05, 3.63) is 60.2 Å². The highest BCUT2D eigenvalue weighted by Crippen LogP contribution is 2.24. The van der Waals surface area contributed by atoms with Crippen LogP contribution in [0.3, 0.4) is 0 Å². The number of carbonyl (C=O) groups excluding carboxylic acids is 1. The van der Waals surface area contributed by atoms with Crippen LogP contribution in [0.25, 0.3) is 0 Å². The zero-order valence-electron chi connectivity index (χ0n) is 17.2. The van der Waals surface area contributed by atoms with E-state index in [-0.39, 0.29) is 5.91 Å². The van der Waals surface area contributed by atoms with E-state index in [1.807, 2.05) is 12.1 Å². The summed E-state index contributed by atoms with van der Waals surface area (Å²) in [7, 11) is 0. The molecule has 4 rings (SSSR count). The van der Waals surface area contributed by atoms with Gasteiger partial charge >= 0.3 is 0 Å². The number of nitrogens with one attached hydrogen (secondary N) is 1. The maximum absolute atomic E-state index is 11.1. The molecule has 2 heterocycles. The molecule has 1 N–H and O–H groups in total. The van der Waals surface area contributed by atoms with Crippen LogP contribution >= 0.6 is 0 Å². The molecule has 2 fully saturated rings. The van der Waals surface area contributed by atoms with Gasteiger partial charge in [0.2, 0.25) is 5.91 Å². The van der Waals surface area contributed by atoms with Crippen LogP contribution in [0.4, 0.5) is 11.4 Å². The van der Waals surface area contributed by atoms with Gasteiger partial charge in [0.15, 0.2) is 0 Å². The highest BCUT2D eigenvalue weighted by atomic mass is 16.5.